The van der Waals surface area contributed by atoms with Crippen LogP contribution in [0.3, 0.4) is 0 Å². The van der Waals surface area contributed by atoms with E-state index in [0.29, 0.717) is 6.04 Å². The van der Waals surface area contributed by atoms with Crippen molar-refractivity contribution in [3.63, 3.8) is 0 Å². The van der Waals surface area contributed by atoms with Gasteiger partial charge in [0, 0.05) is 17.6 Å². The molecule has 1 N–H and O–H groups in total. The summed E-state index contributed by atoms with van der Waals surface area (Å²) in [5.41, 5.74) is 0.775. The minimum atomic E-state index is -0.105. The fourth-order valence-electron chi connectivity index (χ4n) is 2.90. The minimum Gasteiger partial charge on any atom is -0.307 e. The first-order chi connectivity index (χ1) is 8.18. The van der Waals surface area contributed by atoms with Crippen molar-refractivity contribution in [2.45, 2.75) is 51.6 Å². The molecule has 1 saturated carbocycles. The van der Waals surface area contributed by atoms with Crippen molar-refractivity contribution in [1.29, 1.82) is 0 Å². The van der Waals surface area contributed by atoms with E-state index in [1.807, 2.05) is 19.1 Å². The van der Waals surface area contributed by atoms with Crippen molar-refractivity contribution in [2.75, 3.05) is 0 Å². The van der Waals surface area contributed by atoms with E-state index in [2.05, 4.69) is 12.2 Å². The third-order valence-corrected chi connectivity index (χ3v) is 3.99. The zero-order valence-electron chi connectivity index (χ0n) is 10.7. The van der Waals surface area contributed by atoms with Gasteiger partial charge in [0.15, 0.2) is 0 Å². The highest BCUT2D eigenvalue weighted by atomic mass is 19.1. The monoisotopic (exact) mass is 235 g/mol. The van der Waals surface area contributed by atoms with Gasteiger partial charge >= 0.3 is 0 Å². The molecule has 94 valence electrons. The number of halogens is 1. The molecule has 1 nitrogen and oxygen atoms in total. The van der Waals surface area contributed by atoms with E-state index in [-0.39, 0.29) is 11.9 Å². The summed E-state index contributed by atoms with van der Waals surface area (Å²) >= 11 is 0. The Hall–Kier alpha value is -0.890. The summed E-state index contributed by atoms with van der Waals surface area (Å²) in [6.07, 6.45) is 5.34. The largest absolute Gasteiger partial charge is 0.307 e. The van der Waals surface area contributed by atoms with Crippen molar-refractivity contribution in [3.8, 4) is 0 Å². The first kappa shape index (κ1) is 12.6. The van der Waals surface area contributed by atoms with Gasteiger partial charge in [0.25, 0.3) is 0 Å². The van der Waals surface area contributed by atoms with Crippen molar-refractivity contribution in [1.82, 2.24) is 5.32 Å². The Kier molecular flexibility index (Phi) is 4.16. The van der Waals surface area contributed by atoms with Crippen LogP contribution in [-0.2, 0) is 0 Å². The summed E-state index contributed by atoms with van der Waals surface area (Å²) in [7, 11) is 0. The van der Waals surface area contributed by atoms with E-state index in [1.54, 1.807) is 6.07 Å². The van der Waals surface area contributed by atoms with E-state index >= 15 is 0 Å². The lowest BCUT2D eigenvalue weighted by molar-refractivity contribution is 0.348. The van der Waals surface area contributed by atoms with Crippen LogP contribution in [0.4, 0.5) is 4.39 Å². The predicted molar refractivity (Wildman–Crippen MR) is 69.4 cm³/mol. The molecular weight excluding hydrogens is 213 g/mol. The van der Waals surface area contributed by atoms with Gasteiger partial charge in [0.1, 0.15) is 5.82 Å². The molecule has 0 heterocycles. The van der Waals surface area contributed by atoms with Crippen molar-refractivity contribution < 1.29 is 4.39 Å². The van der Waals surface area contributed by atoms with Gasteiger partial charge in [-0.15, -0.1) is 0 Å². The molecular formula is C15H22FN. The first-order valence-corrected chi connectivity index (χ1v) is 6.69. The fourth-order valence-corrected chi connectivity index (χ4v) is 2.90. The van der Waals surface area contributed by atoms with Crippen LogP contribution in [0, 0.1) is 11.7 Å². The normalized spacial score (nSPS) is 20.4. The van der Waals surface area contributed by atoms with Crippen LogP contribution < -0.4 is 5.32 Å². The molecule has 2 atom stereocenters. The molecule has 1 unspecified atom stereocenters. The highest BCUT2D eigenvalue weighted by molar-refractivity contribution is 5.20. The van der Waals surface area contributed by atoms with Gasteiger partial charge in [0.05, 0.1) is 0 Å². The highest BCUT2D eigenvalue weighted by Crippen LogP contribution is 2.29. The van der Waals surface area contributed by atoms with Gasteiger partial charge in [-0.05, 0) is 38.7 Å². The lowest BCUT2D eigenvalue weighted by atomic mass is 9.97. The van der Waals surface area contributed by atoms with E-state index in [1.165, 1.54) is 31.7 Å². The molecule has 2 rings (SSSR count). The zero-order valence-corrected chi connectivity index (χ0v) is 10.7. The van der Waals surface area contributed by atoms with Crippen molar-refractivity contribution >= 4 is 0 Å². The average Bonchev–Trinajstić information content (AvgIpc) is 2.82. The molecule has 0 saturated heterocycles. The predicted octanol–water partition coefficient (Wildman–Crippen LogP) is 4.06. The molecule has 1 aliphatic carbocycles. The Balaban J connectivity index is 1.96. The zero-order chi connectivity index (χ0) is 12.3. The van der Waals surface area contributed by atoms with Crippen molar-refractivity contribution in [3.05, 3.63) is 35.6 Å². The summed E-state index contributed by atoms with van der Waals surface area (Å²) in [6, 6.07) is 7.61. The number of hydrogen-bond donors (Lipinski definition) is 1. The van der Waals surface area contributed by atoms with Crippen molar-refractivity contribution in [2.24, 2.45) is 5.92 Å². The van der Waals surface area contributed by atoms with Crippen LogP contribution in [0.15, 0.2) is 24.3 Å². The smallest absolute Gasteiger partial charge is 0.127 e. The van der Waals surface area contributed by atoms with Crippen LogP contribution in [0.1, 0.15) is 51.1 Å². The molecule has 0 spiro atoms. The Morgan fingerprint density at radius 3 is 2.47 bits per heavy atom. The quantitative estimate of drug-likeness (QED) is 0.830. The molecule has 1 aromatic carbocycles. The number of rotatable bonds is 4. The Bertz CT molecular complexity index is 358. The van der Waals surface area contributed by atoms with Gasteiger partial charge < -0.3 is 5.32 Å². The Labute approximate surface area is 103 Å². The van der Waals surface area contributed by atoms with Crippen LogP contribution in [-0.4, -0.2) is 6.04 Å². The summed E-state index contributed by atoms with van der Waals surface area (Å²) in [4.78, 5) is 0. The lowest BCUT2D eigenvalue weighted by Gasteiger charge is -2.25. The molecule has 1 aliphatic rings. The van der Waals surface area contributed by atoms with E-state index in [0.717, 1.165) is 11.5 Å². The van der Waals surface area contributed by atoms with Crippen LogP contribution in [0.5, 0.6) is 0 Å². The maximum Gasteiger partial charge on any atom is 0.127 e. The second-order valence-corrected chi connectivity index (χ2v) is 5.24. The third-order valence-electron chi connectivity index (χ3n) is 3.99. The molecule has 2 heteroatoms. The van der Waals surface area contributed by atoms with Gasteiger partial charge in [-0.2, -0.15) is 0 Å². The van der Waals surface area contributed by atoms with Gasteiger partial charge in [-0.25, -0.2) is 4.39 Å². The van der Waals surface area contributed by atoms with E-state index < -0.39 is 0 Å². The molecule has 1 fully saturated rings. The number of benzene rings is 1. The number of nitrogens with one attached hydrogen (secondary N) is 1. The summed E-state index contributed by atoms with van der Waals surface area (Å²) in [5.74, 6) is 0.662. The summed E-state index contributed by atoms with van der Waals surface area (Å²) < 4.78 is 13.6. The van der Waals surface area contributed by atoms with Gasteiger partial charge in [-0.1, -0.05) is 31.0 Å². The highest BCUT2D eigenvalue weighted by Gasteiger charge is 2.23. The van der Waals surface area contributed by atoms with E-state index in [9.17, 15) is 4.39 Å². The Morgan fingerprint density at radius 1 is 1.18 bits per heavy atom. The molecule has 0 aliphatic heterocycles. The standard InChI is InChI=1S/C15H22FN/c1-11(13-7-3-4-8-13)17-12(2)14-9-5-6-10-15(14)16/h5-6,9-13,17H,3-4,7-8H2,1-2H3/t11?,12-/m1/s1. The molecule has 0 amide bonds. The molecule has 0 radical (unpaired) electrons. The molecule has 17 heavy (non-hydrogen) atoms. The Morgan fingerprint density at radius 2 is 1.82 bits per heavy atom. The maximum absolute atomic E-state index is 13.6. The second-order valence-electron chi connectivity index (χ2n) is 5.24. The molecule has 1 aromatic rings. The van der Waals surface area contributed by atoms with Crippen LogP contribution in [0.2, 0.25) is 0 Å². The van der Waals surface area contributed by atoms with Gasteiger partial charge in [0.2, 0.25) is 0 Å². The van der Waals surface area contributed by atoms with E-state index in [4.69, 9.17) is 0 Å². The third kappa shape index (κ3) is 3.06. The lowest BCUT2D eigenvalue weighted by Crippen LogP contribution is -2.34. The summed E-state index contributed by atoms with van der Waals surface area (Å²) in [5, 5.41) is 3.54. The SMILES string of the molecule is CC(N[C@H](C)c1ccccc1F)C1CCCC1. The maximum atomic E-state index is 13.6. The molecule has 0 bridgehead atoms. The number of hydrogen-bond acceptors (Lipinski definition) is 1. The van der Waals surface area contributed by atoms with Crippen LogP contribution >= 0.6 is 0 Å². The van der Waals surface area contributed by atoms with Crippen LogP contribution in [0.25, 0.3) is 0 Å². The topological polar surface area (TPSA) is 12.0 Å². The minimum absolute atomic E-state index is 0.0896. The summed E-state index contributed by atoms with van der Waals surface area (Å²) in [6.45, 7) is 4.27. The average molecular weight is 235 g/mol. The first-order valence-electron chi connectivity index (χ1n) is 6.69. The fraction of sp³-hybridized carbons (Fsp3) is 0.600. The molecule has 0 aromatic heterocycles. The second kappa shape index (κ2) is 5.63. The van der Waals surface area contributed by atoms with Gasteiger partial charge in [-0.3, -0.25) is 0 Å².